The molecule has 2 aliphatic heterocycles. The second kappa shape index (κ2) is 6.04. The van der Waals surface area contributed by atoms with Gasteiger partial charge in [-0.1, -0.05) is 12.8 Å². The maximum absolute atomic E-state index is 11.9. The van der Waals surface area contributed by atoms with Gasteiger partial charge in [0.1, 0.15) is 0 Å². The summed E-state index contributed by atoms with van der Waals surface area (Å²) in [6, 6.07) is 0.842. The lowest BCUT2D eigenvalue weighted by Gasteiger charge is -2.38. The van der Waals surface area contributed by atoms with Crippen LogP contribution in [0.5, 0.6) is 0 Å². The number of rotatable bonds is 3. The van der Waals surface area contributed by atoms with E-state index in [1.54, 1.807) is 0 Å². The summed E-state index contributed by atoms with van der Waals surface area (Å²) >= 11 is 4.44. The summed E-state index contributed by atoms with van der Waals surface area (Å²) in [6.07, 6.45) is 8.87. The van der Waals surface area contributed by atoms with Crippen LogP contribution in [0, 0.1) is 5.92 Å². The van der Waals surface area contributed by atoms with Gasteiger partial charge in [-0.3, -0.25) is 4.79 Å². The van der Waals surface area contributed by atoms with Crippen molar-refractivity contribution in [1.29, 1.82) is 0 Å². The Kier molecular flexibility index (Phi) is 4.37. The molecule has 108 valence electrons. The second-order valence-corrected chi connectivity index (χ2v) is 7.33. The topological polar surface area (TPSA) is 23.6 Å². The molecule has 1 saturated carbocycles. The molecule has 1 aliphatic carbocycles. The van der Waals surface area contributed by atoms with Crippen molar-refractivity contribution in [2.75, 3.05) is 26.2 Å². The number of carbonyl (C=O) groups excluding carboxylic acids is 1. The Bertz CT molecular complexity index is 330. The van der Waals surface area contributed by atoms with Gasteiger partial charge in [-0.2, -0.15) is 12.6 Å². The van der Waals surface area contributed by atoms with Crippen LogP contribution in [0.4, 0.5) is 0 Å². The third kappa shape index (κ3) is 3.27. The number of thiol groups is 1. The van der Waals surface area contributed by atoms with Crippen molar-refractivity contribution >= 4 is 18.5 Å². The predicted octanol–water partition coefficient (Wildman–Crippen LogP) is 2.17. The van der Waals surface area contributed by atoms with Crippen LogP contribution in [0.3, 0.4) is 0 Å². The SMILES string of the molecule is O=C1CC(S)CN1CC1CCCN(C2CCCC2)C1. The fourth-order valence-electron chi connectivity index (χ4n) is 4.09. The zero-order valence-corrected chi connectivity index (χ0v) is 12.7. The average Bonchev–Trinajstić information content (AvgIpc) is 3.01. The van der Waals surface area contributed by atoms with Crippen molar-refractivity contribution < 1.29 is 4.79 Å². The molecule has 1 amide bonds. The molecule has 3 fully saturated rings. The minimum atomic E-state index is 0.266. The Morgan fingerprint density at radius 1 is 1.11 bits per heavy atom. The molecule has 0 aromatic carbocycles. The minimum absolute atomic E-state index is 0.266. The van der Waals surface area contributed by atoms with E-state index < -0.39 is 0 Å². The highest BCUT2D eigenvalue weighted by molar-refractivity contribution is 7.81. The molecule has 0 aromatic rings. The first-order valence-electron chi connectivity index (χ1n) is 7.92. The summed E-state index contributed by atoms with van der Waals surface area (Å²) < 4.78 is 0. The van der Waals surface area contributed by atoms with Crippen LogP contribution in [-0.4, -0.2) is 53.2 Å². The number of hydrogen-bond donors (Lipinski definition) is 1. The predicted molar refractivity (Wildman–Crippen MR) is 80.5 cm³/mol. The van der Waals surface area contributed by atoms with Crippen LogP contribution in [0.25, 0.3) is 0 Å². The van der Waals surface area contributed by atoms with E-state index in [1.165, 1.54) is 51.6 Å². The normalized spacial score (nSPS) is 34.4. The van der Waals surface area contributed by atoms with E-state index >= 15 is 0 Å². The monoisotopic (exact) mass is 282 g/mol. The third-order valence-electron chi connectivity index (χ3n) is 5.06. The van der Waals surface area contributed by atoms with Gasteiger partial charge in [0.05, 0.1) is 0 Å². The molecule has 2 unspecified atom stereocenters. The summed E-state index contributed by atoms with van der Waals surface area (Å²) in [5, 5.41) is 0.266. The maximum atomic E-state index is 11.9. The Morgan fingerprint density at radius 3 is 2.58 bits per heavy atom. The molecule has 0 aromatic heterocycles. The third-order valence-corrected chi connectivity index (χ3v) is 5.41. The fourth-order valence-corrected chi connectivity index (χ4v) is 4.44. The number of amides is 1. The molecule has 0 N–H and O–H groups in total. The summed E-state index contributed by atoms with van der Waals surface area (Å²) in [5.74, 6) is 1.01. The molecule has 19 heavy (non-hydrogen) atoms. The molecule has 4 heteroatoms. The molecule has 2 saturated heterocycles. The number of piperidine rings is 1. The van der Waals surface area contributed by atoms with Gasteiger partial charge in [-0.15, -0.1) is 0 Å². The number of nitrogens with zero attached hydrogens (tertiary/aromatic N) is 2. The highest BCUT2D eigenvalue weighted by Gasteiger charge is 2.32. The molecule has 0 radical (unpaired) electrons. The van der Waals surface area contributed by atoms with E-state index in [0.717, 1.165) is 19.1 Å². The van der Waals surface area contributed by atoms with Gasteiger partial charge in [0.15, 0.2) is 0 Å². The molecule has 0 spiro atoms. The Hall–Kier alpha value is -0.220. The van der Waals surface area contributed by atoms with Crippen molar-refractivity contribution in [3.63, 3.8) is 0 Å². The van der Waals surface area contributed by atoms with E-state index in [-0.39, 0.29) is 5.25 Å². The average molecular weight is 282 g/mol. The van der Waals surface area contributed by atoms with E-state index in [9.17, 15) is 4.79 Å². The van der Waals surface area contributed by atoms with Gasteiger partial charge in [0, 0.05) is 37.3 Å². The largest absolute Gasteiger partial charge is 0.341 e. The first kappa shape index (κ1) is 13.7. The molecule has 3 aliphatic rings. The van der Waals surface area contributed by atoms with E-state index in [0.29, 0.717) is 18.2 Å². The fraction of sp³-hybridized carbons (Fsp3) is 0.933. The molecular weight excluding hydrogens is 256 g/mol. The van der Waals surface area contributed by atoms with Crippen LogP contribution < -0.4 is 0 Å². The summed E-state index contributed by atoms with van der Waals surface area (Å²) in [7, 11) is 0. The van der Waals surface area contributed by atoms with E-state index in [2.05, 4.69) is 22.4 Å². The van der Waals surface area contributed by atoms with E-state index in [4.69, 9.17) is 0 Å². The minimum Gasteiger partial charge on any atom is -0.341 e. The highest BCUT2D eigenvalue weighted by Crippen LogP contribution is 2.29. The van der Waals surface area contributed by atoms with Crippen LogP contribution in [0.2, 0.25) is 0 Å². The van der Waals surface area contributed by atoms with Crippen LogP contribution in [-0.2, 0) is 4.79 Å². The summed E-state index contributed by atoms with van der Waals surface area (Å²) in [4.78, 5) is 16.6. The van der Waals surface area contributed by atoms with Gasteiger partial charge in [-0.05, 0) is 38.1 Å². The molecule has 3 rings (SSSR count). The number of carbonyl (C=O) groups is 1. The van der Waals surface area contributed by atoms with Crippen molar-refractivity contribution in [2.24, 2.45) is 5.92 Å². The van der Waals surface area contributed by atoms with Crippen LogP contribution >= 0.6 is 12.6 Å². The van der Waals surface area contributed by atoms with Crippen LogP contribution in [0.1, 0.15) is 44.9 Å². The smallest absolute Gasteiger partial charge is 0.223 e. The molecule has 2 atom stereocenters. The van der Waals surface area contributed by atoms with Gasteiger partial charge in [0.25, 0.3) is 0 Å². The van der Waals surface area contributed by atoms with Crippen molar-refractivity contribution in [3.05, 3.63) is 0 Å². The van der Waals surface area contributed by atoms with Gasteiger partial charge in [0.2, 0.25) is 5.91 Å². The summed E-state index contributed by atoms with van der Waals surface area (Å²) in [5.41, 5.74) is 0. The molecule has 0 bridgehead atoms. The Labute approximate surface area is 122 Å². The van der Waals surface area contributed by atoms with Crippen molar-refractivity contribution in [3.8, 4) is 0 Å². The van der Waals surface area contributed by atoms with Crippen molar-refractivity contribution in [1.82, 2.24) is 9.80 Å². The lowest BCUT2D eigenvalue weighted by atomic mass is 9.95. The Morgan fingerprint density at radius 2 is 1.89 bits per heavy atom. The second-order valence-electron chi connectivity index (χ2n) is 6.60. The number of likely N-dealkylation sites (tertiary alicyclic amines) is 2. The lowest BCUT2D eigenvalue weighted by molar-refractivity contribution is -0.128. The van der Waals surface area contributed by atoms with Crippen molar-refractivity contribution in [2.45, 2.75) is 56.2 Å². The quantitative estimate of drug-likeness (QED) is 0.802. The lowest BCUT2D eigenvalue weighted by Crippen LogP contribution is -2.45. The molecule has 2 heterocycles. The first-order valence-corrected chi connectivity index (χ1v) is 8.44. The molecule has 3 nitrogen and oxygen atoms in total. The summed E-state index contributed by atoms with van der Waals surface area (Å²) in [6.45, 7) is 4.33. The van der Waals surface area contributed by atoms with Gasteiger partial charge >= 0.3 is 0 Å². The highest BCUT2D eigenvalue weighted by atomic mass is 32.1. The first-order chi connectivity index (χ1) is 9.22. The zero-order valence-electron chi connectivity index (χ0n) is 11.8. The zero-order chi connectivity index (χ0) is 13.2. The number of hydrogen-bond acceptors (Lipinski definition) is 3. The Balaban J connectivity index is 1.52. The standard InChI is InChI=1S/C15H26N2OS/c18-15-8-14(19)11-17(15)10-12-4-3-7-16(9-12)13-5-1-2-6-13/h12-14,19H,1-11H2. The van der Waals surface area contributed by atoms with Gasteiger partial charge < -0.3 is 9.80 Å². The van der Waals surface area contributed by atoms with E-state index in [1.807, 2.05) is 0 Å². The maximum Gasteiger partial charge on any atom is 0.223 e. The molecular formula is C15H26N2OS. The van der Waals surface area contributed by atoms with Crippen LogP contribution in [0.15, 0.2) is 0 Å². The van der Waals surface area contributed by atoms with Gasteiger partial charge in [-0.25, -0.2) is 0 Å².